The van der Waals surface area contributed by atoms with Crippen molar-refractivity contribution in [2.75, 3.05) is 0 Å². The molecular formula is C135H84N12S3. The Morgan fingerprint density at radius 3 is 0.807 bits per heavy atom. The van der Waals surface area contributed by atoms with E-state index in [2.05, 4.69) is 487 Å². The van der Waals surface area contributed by atoms with E-state index in [-0.39, 0.29) is 0 Å². The van der Waals surface area contributed by atoms with Gasteiger partial charge in [-0.05, 0) is 165 Å². The zero-order chi connectivity index (χ0) is 99.1. The standard InChI is InChI=1S/3C45H28N4S/c1-4-12-31(13-5-1)44-48-43-39(49(44)34-16-8-3-9-17-34)26-25-36-35-18-10-11-19-37(35)46-42(41(36)43)30-22-20-29(21-23-30)33-24-27-40-38(28-33)47-45(50-40)32-14-6-2-7-15-32;1-4-12-31(13-5-1)44-48-43-39(49(44)34-16-8-3-9-17-34)27-25-36-35-18-10-11-19-37(35)46-42(41(36)43)30-22-20-29(21-23-30)33-24-26-38-40(28-33)50-45(47-38)32-14-6-2-7-15-32;1-3-12-31(13-4-1)44-48-43-39(49(44)34-16-5-2-6-17-34)27-26-36-35-18-7-8-19-37(35)46-42(41(36)43)30-24-22-29(23-25-30)32-14-11-15-33(28-32)45-47-38-20-9-10-21-40(38)50-45/h3*1-28H. The smallest absolute Gasteiger partial charge is 0.145 e. The number of pyridine rings is 3. The van der Waals surface area contributed by atoms with Crippen molar-refractivity contribution in [3.8, 4) is 150 Å². The van der Waals surface area contributed by atoms with E-state index < -0.39 is 0 Å². The molecule has 30 aromatic rings. The van der Waals surface area contributed by atoms with E-state index in [9.17, 15) is 0 Å². The fraction of sp³-hybridized carbons (Fsp3) is 0. The van der Waals surface area contributed by atoms with E-state index in [1.54, 1.807) is 34.0 Å². The Labute approximate surface area is 874 Å². The quantitative estimate of drug-likeness (QED) is 0.0921. The van der Waals surface area contributed by atoms with E-state index in [0.717, 1.165) is 259 Å². The molecule has 0 unspecified atom stereocenters. The topological polar surface area (TPSA) is 131 Å². The molecule has 21 aromatic carbocycles. The van der Waals surface area contributed by atoms with Crippen molar-refractivity contribution in [3.63, 3.8) is 0 Å². The molecule has 0 amide bonds. The van der Waals surface area contributed by atoms with Gasteiger partial charge < -0.3 is 0 Å². The maximum absolute atomic E-state index is 5.42. The normalized spacial score (nSPS) is 11.6. The molecular weight excluding hydrogens is 1890 g/mol. The van der Waals surface area contributed by atoms with Crippen molar-refractivity contribution in [1.29, 1.82) is 0 Å². The van der Waals surface area contributed by atoms with Gasteiger partial charge in [0.1, 0.15) is 32.5 Å². The van der Waals surface area contributed by atoms with E-state index in [1.165, 1.54) is 19.7 Å². The zero-order valence-electron chi connectivity index (χ0n) is 80.6. The number of rotatable bonds is 15. The molecule has 0 saturated heterocycles. The molecule has 0 N–H and O–H groups in total. The Balaban J connectivity index is 0.000000108. The molecule has 0 aliphatic heterocycles. The minimum absolute atomic E-state index is 0.904. The number of thiazole rings is 3. The number of para-hydroxylation sites is 7. The summed E-state index contributed by atoms with van der Waals surface area (Å²) in [6, 6.07) is 179. The van der Waals surface area contributed by atoms with Crippen LogP contribution in [0.3, 0.4) is 0 Å². The lowest BCUT2D eigenvalue weighted by atomic mass is 9.96. The summed E-state index contributed by atoms with van der Waals surface area (Å²) in [5.41, 5.74) is 34.6. The van der Waals surface area contributed by atoms with E-state index in [4.69, 9.17) is 44.9 Å². The number of fused-ring (bicyclic) bond motifs is 18. The predicted octanol–water partition coefficient (Wildman–Crippen LogP) is 36.0. The highest BCUT2D eigenvalue weighted by Gasteiger charge is 2.28. The van der Waals surface area contributed by atoms with Crippen LogP contribution in [0.5, 0.6) is 0 Å². The maximum atomic E-state index is 5.42. The molecule has 0 aliphatic rings. The minimum Gasteiger partial charge on any atom is -0.292 e. The third-order valence-electron chi connectivity index (χ3n) is 28.3. The van der Waals surface area contributed by atoms with Crippen molar-refractivity contribution in [2.24, 2.45) is 0 Å². The maximum Gasteiger partial charge on any atom is 0.145 e. The number of hydrogen-bond donors (Lipinski definition) is 0. The lowest BCUT2D eigenvalue weighted by molar-refractivity contribution is 1.10. The summed E-state index contributed by atoms with van der Waals surface area (Å²) < 4.78 is 10.4. The molecule has 15 heteroatoms. The van der Waals surface area contributed by atoms with Crippen molar-refractivity contribution in [1.82, 2.24) is 58.6 Å². The van der Waals surface area contributed by atoms with Crippen molar-refractivity contribution >= 4 is 163 Å². The van der Waals surface area contributed by atoms with Crippen LogP contribution in [0.1, 0.15) is 0 Å². The second kappa shape index (κ2) is 37.7. The predicted molar refractivity (Wildman–Crippen MR) is 626 cm³/mol. The van der Waals surface area contributed by atoms with Crippen molar-refractivity contribution in [2.45, 2.75) is 0 Å². The molecule has 12 nitrogen and oxygen atoms in total. The van der Waals surface area contributed by atoms with Crippen LogP contribution in [0, 0.1) is 0 Å². The summed E-state index contributed by atoms with van der Waals surface area (Å²) in [4.78, 5) is 47.0. The van der Waals surface area contributed by atoms with Gasteiger partial charge in [-0.25, -0.2) is 44.9 Å². The average molecular weight is 1970 g/mol. The van der Waals surface area contributed by atoms with Gasteiger partial charge in [-0.15, -0.1) is 34.0 Å². The zero-order valence-corrected chi connectivity index (χ0v) is 83.0. The molecule has 0 saturated carbocycles. The molecule has 150 heavy (non-hydrogen) atoms. The van der Waals surface area contributed by atoms with Gasteiger partial charge in [-0.3, -0.25) is 13.7 Å². The van der Waals surface area contributed by atoms with Crippen molar-refractivity contribution in [3.05, 3.63) is 510 Å². The fourth-order valence-electron chi connectivity index (χ4n) is 21.1. The molecule has 9 heterocycles. The highest BCUT2D eigenvalue weighted by molar-refractivity contribution is 7.22. The van der Waals surface area contributed by atoms with Crippen LogP contribution in [0.15, 0.2) is 510 Å². The Morgan fingerprint density at radius 1 is 0.147 bits per heavy atom. The van der Waals surface area contributed by atoms with Gasteiger partial charge in [0.05, 0.1) is 97.4 Å². The number of benzene rings is 21. The SMILES string of the molecule is c1ccc(-c2nc3c4c(-c5ccc(-c6cccc(-c7nc8ccccc8s7)c6)cc5)nc5ccccc5c4ccc3n2-c2ccccc2)cc1.c1ccc(-c2nc3cc(-c4ccc(-c5nc6ccccc6c6ccc7c(nc(-c8ccccc8)n7-c7ccccc7)c56)cc4)ccc3s2)cc1.c1ccc(-c2nc3ccc(-c4ccc(-c5nc6ccccc6c6ccc7c(nc(-c8ccccc8)n7-c7ccccc7)c56)cc4)cc3s2)cc1. The van der Waals surface area contributed by atoms with E-state index in [1.807, 2.05) is 36.4 Å². The monoisotopic (exact) mass is 1970 g/mol. The third kappa shape index (κ3) is 16.0. The van der Waals surface area contributed by atoms with Gasteiger partial charge >= 0.3 is 0 Å². The molecule has 0 fully saturated rings. The number of imidazole rings is 3. The first-order chi connectivity index (χ1) is 74.3. The first kappa shape index (κ1) is 88.4. The Kier molecular flexibility index (Phi) is 22.2. The summed E-state index contributed by atoms with van der Waals surface area (Å²) in [5.74, 6) is 2.71. The fourth-order valence-corrected chi connectivity index (χ4v) is 24.1. The van der Waals surface area contributed by atoms with Crippen LogP contribution in [0.25, 0.3) is 279 Å². The molecule has 702 valence electrons. The summed E-state index contributed by atoms with van der Waals surface area (Å²) in [5, 5.41) is 13.1. The summed E-state index contributed by atoms with van der Waals surface area (Å²) in [6.45, 7) is 0. The van der Waals surface area contributed by atoms with Crippen LogP contribution in [-0.4, -0.2) is 58.6 Å². The second-order valence-corrected chi connectivity index (χ2v) is 40.4. The Hall–Kier alpha value is -19.3. The van der Waals surface area contributed by atoms with Gasteiger partial charge in [0.25, 0.3) is 0 Å². The van der Waals surface area contributed by atoms with E-state index in [0.29, 0.717) is 0 Å². The minimum atomic E-state index is 0.904. The van der Waals surface area contributed by atoms with Gasteiger partial charge in [0.15, 0.2) is 0 Å². The highest BCUT2D eigenvalue weighted by Crippen LogP contribution is 2.48. The molecule has 30 rings (SSSR count). The molecule has 0 radical (unpaired) electrons. The first-order valence-corrected chi connectivity index (χ1v) is 52.6. The van der Waals surface area contributed by atoms with Gasteiger partial charge in [-0.1, -0.05) is 394 Å². The van der Waals surface area contributed by atoms with Crippen LogP contribution in [0.4, 0.5) is 0 Å². The highest BCUT2D eigenvalue weighted by atomic mass is 32.1. The Morgan fingerprint density at radius 2 is 0.420 bits per heavy atom. The summed E-state index contributed by atoms with van der Waals surface area (Å²) in [6.07, 6.45) is 0. The number of hydrogen-bond acceptors (Lipinski definition) is 12. The molecule has 0 atom stereocenters. The van der Waals surface area contributed by atoms with Gasteiger partial charge in [0, 0.05) is 99.5 Å². The summed E-state index contributed by atoms with van der Waals surface area (Å²) >= 11 is 5.19. The molecule has 0 bridgehead atoms. The Bertz CT molecular complexity index is 9990. The summed E-state index contributed by atoms with van der Waals surface area (Å²) in [7, 11) is 0. The molecule has 0 aliphatic carbocycles. The van der Waals surface area contributed by atoms with Crippen LogP contribution in [0.2, 0.25) is 0 Å². The molecule has 9 aromatic heterocycles. The number of aromatic nitrogens is 12. The van der Waals surface area contributed by atoms with E-state index >= 15 is 0 Å². The lowest BCUT2D eigenvalue weighted by Crippen LogP contribution is -1.97. The third-order valence-corrected chi connectivity index (χ3v) is 31.5. The van der Waals surface area contributed by atoms with Crippen LogP contribution < -0.4 is 0 Å². The van der Waals surface area contributed by atoms with Gasteiger partial charge in [-0.2, -0.15) is 0 Å². The average Bonchev–Trinajstić information content (AvgIpc) is 1.55. The van der Waals surface area contributed by atoms with Gasteiger partial charge in [0.2, 0.25) is 0 Å². The molecule has 0 spiro atoms. The number of nitrogens with zero attached hydrogens (tertiary/aromatic N) is 12. The lowest BCUT2D eigenvalue weighted by Gasteiger charge is -2.13. The second-order valence-electron chi connectivity index (χ2n) is 37.4. The largest absolute Gasteiger partial charge is 0.292 e. The van der Waals surface area contributed by atoms with Crippen LogP contribution in [-0.2, 0) is 0 Å². The van der Waals surface area contributed by atoms with Crippen molar-refractivity contribution < 1.29 is 0 Å². The van der Waals surface area contributed by atoms with Crippen LogP contribution >= 0.6 is 34.0 Å². The first-order valence-electron chi connectivity index (χ1n) is 50.1.